The highest BCUT2D eigenvalue weighted by molar-refractivity contribution is 7.88. The lowest BCUT2D eigenvalue weighted by Crippen LogP contribution is -2.42. The molecule has 0 aliphatic rings. The fraction of sp³-hybridized carbons (Fsp3) is 0.0952. The summed E-state index contributed by atoms with van der Waals surface area (Å²) in [6, 6.07) is 17.4. The second kappa shape index (κ2) is 8.50. The molecule has 3 aromatic carbocycles. The summed E-state index contributed by atoms with van der Waals surface area (Å²) in [5.41, 5.74) is 3.26. The first-order valence-corrected chi connectivity index (χ1v) is 10.3. The average Bonchev–Trinajstić information content (AvgIpc) is 2.70. The number of sulfonamides is 1. The van der Waals surface area contributed by atoms with Crippen LogP contribution in [0.25, 0.3) is 11.1 Å². The van der Waals surface area contributed by atoms with Crippen molar-refractivity contribution in [3.8, 4) is 11.1 Å². The zero-order chi connectivity index (χ0) is 21.0. The second-order valence-corrected chi connectivity index (χ2v) is 8.15. The number of carbonyl (C=O) groups excluding carboxylic acids is 1. The third-order valence-electron chi connectivity index (χ3n) is 4.23. The monoisotopic (exact) mass is 416 g/mol. The van der Waals surface area contributed by atoms with Crippen molar-refractivity contribution in [2.24, 2.45) is 0 Å². The zero-order valence-electron chi connectivity index (χ0n) is 15.4. The van der Waals surface area contributed by atoms with Crippen LogP contribution in [0, 0.1) is 18.6 Å². The van der Waals surface area contributed by atoms with Crippen LogP contribution >= 0.6 is 0 Å². The Kier molecular flexibility index (Phi) is 6.05. The molecule has 29 heavy (non-hydrogen) atoms. The molecule has 0 heterocycles. The summed E-state index contributed by atoms with van der Waals surface area (Å²) in [5, 5.41) is 0. The highest BCUT2D eigenvalue weighted by Crippen LogP contribution is 2.24. The Balaban J connectivity index is 1.78. The van der Waals surface area contributed by atoms with E-state index in [2.05, 4.69) is 0 Å². The standard InChI is InChI=1S/C21H18F2N2O3S/c1-14-11-17(15-7-3-2-4-8-15)12-18(20(14)23)21(26)24-25-29(27,28)13-16-9-5-6-10-19(16)22/h2-12,25H,13H2,1H3,(H,24,26). The highest BCUT2D eigenvalue weighted by Gasteiger charge is 2.19. The largest absolute Gasteiger partial charge is 0.274 e. The van der Waals surface area contributed by atoms with Crippen LogP contribution in [0.3, 0.4) is 0 Å². The first kappa shape index (κ1) is 20.6. The van der Waals surface area contributed by atoms with E-state index in [0.29, 0.717) is 5.56 Å². The van der Waals surface area contributed by atoms with Gasteiger partial charge in [-0.2, -0.15) is 0 Å². The van der Waals surface area contributed by atoms with E-state index >= 15 is 0 Å². The van der Waals surface area contributed by atoms with Crippen molar-refractivity contribution >= 4 is 15.9 Å². The minimum atomic E-state index is -4.09. The Hall–Kier alpha value is -3.10. The third kappa shape index (κ3) is 5.04. The van der Waals surface area contributed by atoms with Crippen molar-refractivity contribution in [3.63, 3.8) is 0 Å². The predicted octanol–water partition coefficient (Wildman–Crippen LogP) is 3.70. The van der Waals surface area contributed by atoms with Gasteiger partial charge in [0.25, 0.3) is 5.91 Å². The van der Waals surface area contributed by atoms with Gasteiger partial charge in [0.1, 0.15) is 11.6 Å². The number of nitrogens with one attached hydrogen (secondary N) is 2. The number of benzene rings is 3. The lowest BCUT2D eigenvalue weighted by Gasteiger charge is -2.12. The summed E-state index contributed by atoms with van der Waals surface area (Å²) in [4.78, 5) is 14.3. The topological polar surface area (TPSA) is 75.3 Å². The van der Waals surface area contributed by atoms with Crippen LogP contribution < -0.4 is 10.3 Å². The maximum atomic E-state index is 14.5. The van der Waals surface area contributed by atoms with Crippen LogP contribution in [0.1, 0.15) is 21.5 Å². The van der Waals surface area contributed by atoms with Gasteiger partial charge in [0.2, 0.25) is 10.0 Å². The van der Waals surface area contributed by atoms with Crippen LogP contribution in [0.15, 0.2) is 66.7 Å². The fourth-order valence-electron chi connectivity index (χ4n) is 2.78. The van der Waals surface area contributed by atoms with Gasteiger partial charge in [-0.15, -0.1) is 4.83 Å². The predicted molar refractivity (Wildman–Crippen MR) is 106 cm³/mol. The van der Waals surface area contributed by atoms with Crippen molar-refractivity contribution in [2.75, 3.05) is 0 Å². The SMILES string of the molecule is Cc1cc(-c2ccccc2)cc(C(=O)NNS(=O)(=O)Cc2ccccc2F)c1F. The van der Waals surface area contributed by atoms with Gasteiger partial charge in [-0.1, -0.05) is 48.5 Å². The van der Waals surface area contributed by atoms with Crippen molar-refractivity contribution in [1.82, 2.24) is 10.3 Å². The van der Waals surface area contributed by atoms with Crippen molar-refractivity contribution in [2.45, 2.75) is 12.7 Å². The summed E-state index contributed by atoms with van der Waals surface area (Å²) in [7, 11) is -4.09. The lowest BCUT2D eigenvalue weighted by atomic mass is 9.99. The molecule has 3 rings (SSSR count). The molecule has 0 bridgehead atoms. The summed E-state index contributed by atoms with van der Waals surface area (Å²) < 4.78 is 52.4. The molecular formula is C21H18F2N2O3S. The van der Waals surface area contributed by atoms with E-state index in [0.717, 1.165) is 11.6 Å². The van der Waals surface area contributed by atoms with Crippen molar-refractivity contribution in [3.05, 3.63) is 95.1 Å². The molecule has 8 heteroatoms. The lowest BCUT2D eigenvalue weighted by molar-refractivity contribution is 0.0941. The number of hydrazine groups is 1. The number of aryl methyl sites for hydroxylation is 1. The van der Waals surface area contributed by atoms with Gasteiger partial charge >= 0.3 is 0 Å². The van der Waals surface area contributed by atoms with Gasteiger partial charge in [0.15, 0.2) is 0 Å². The van der Waals surface area contributed by atoms with E-state index in [1.807, 2.05) is 40.6 Å². The average molecular weight is 416 g/mol. The molecule has 0 saturated carbocycles. The van der Waals surface area contributed by atoms with Gasteiger partial charge in [0.05, 0.1) is 11.3 Å². The Morgan fingerprint density at radius 2 is 1.59 bits per heavy atom. The molecule has 0 aliphatic carbocycles. The summed E-state index contributed by atoms with van der Waals surface area (Å²) in [6.45, 7) is 1.51. The maximum Gasteiger partial charge on any atom is 0.269 e. The molecule has 0 aromatic heterocycles. The van der Waals surface area contributed by atoms with E-state index in [4.69, 9.17) is 0 Å². The molecule has 5 nitrogen and oxygen atoms in total. The van der Waals surface area contributed by atoms with E-state index < -0.39 is 33.3 Å². The van der Waals surface area contributed by atoms with Crippen LogP contribution in [0.5, 0.6) is 0 Å². The van der Waals surface area contributed by atoms with E-state index in [-0.39, 0.29) is 16.7 Å². The number of carbonyl (C=O) groups is 1. The quantitative estimate of drug-likeness (QED) is 0.602. The smallest absolute Gasteiger partial charge is 0.269 e. The number of amides is 1. The van der Waals surface area contributed by atoms with E-state index in [1.54, 1.807) is 6.07 Å². The molecule has 3 aromatic rings. The molecule has 0 spiro atoms. The third-order valence-corrected chi connectivity index (χ3v) is 5.33. The van der Waals surface area contributed by atoms with Gasteiger partial charge < -0.3 is 0 Å². The molecule has 150 valence electrons. The van der Waals surface area contributed by atoms with E-state index in [9.17, 15) is 22.0 Å². The number of hydrogen-bond acceptors (Lipinski definition) is 3. The Labute approximate surface area is 167 Å². The number of rotatable bonds is 6. The molecule has 1 amide bonds. The van der Waals surface area contributed by atoms with Crippen LogP contribution in [0.4, 0.5) is 8.78 Å². The summed E-state index contributed by atoms with van der Waals surface area (Å²) in [5.74, 6) is -3.07. The van der Waals surface area contributed by atoms with Crippen LogP contribution in [-0.2, 0) is 15.8 Å². The Morgan fingerprint density at radius 1 is 0.931 bits per heavy atom. The molecule has 0 aliphatic heterocycles. The minimum Gasteiger partial charge on any atom is -0.274 e. The number of hydrogen-bond donors (Lipinski definition) is 2. The van der Waals surface area contributed by atoms with Gasteiger partial charge in [0, 0.05) is 5.56 Å². The zero-order valence-corrected chi connectivity index (χ0v) is 16.3. The molecule has 0 fully saturated rings. The Morgan fingerprint density at radius 3 is 2.28 bits per heavy atom. The second-order valence-electron chi connectivity index (χ2n) is 6.43. The van der Waals surface area contributed by atoms with Crippen molar-refractivity contribution in [1.29, 1.82) is 0 Å². The van der Waals surface area contributed by atoms with Crippen LogP contribution in [-0.4, -0.2) is 14.3 Å². The molecular weight excluding hydrogens is 398 g/mol. The normalized spacial score (nSPS) is 11.3. The summed E-state index contributed by atoms with van der Waals surface area (Å²) >= 11 is 0. The first-order chi connectivity index (χ1) is 13.8. The highest BCUT2D eigenvalue weighted by atomic mass is 32.2. The van der Waals surface area contributed by atoms with Gasteiger partial charge in [-0.3, -0.25) is 10.2 Å². The number of halogens is 2. The summed E-state index contributed by atoms with van der Waals surface area (Å²) in [6.07, 6.45) is 0. The van der Waals surface area contributed by atoms with E-state index in [1.165, 1.54) is 31.2 Å². The van der Waals surface area contributed by atoms with Gasteiger partial charge in [-0.25, -0.2) is 17.2 Å². The fourth-order valence-corrected chi connectivity index (χ4v) is 3.74. The molecule has 0 unspecified atom stereocenters. The molecule has 0 radical (unpaired) electrons. The molecule has 2 N–H and O–H groups in total. The first-order valence-electron chi connectivity index (χ1n) is 8.65. The van der Waals surface area contributed by atoms with Crippen molar-refractivity contribution < 1.29 is 22.0 Å². The minimum absolute atomic E-state index is 0.0534. The Bertz CT molecular complexity index is 1150. The van der Waals surface area contributed by atoms with Gasteiger partial charge in [-0.05, 0) is 41.8 Å². The van der Waals surface area contributed by atoms with Crippen LogP contribution in [0.2, 0.25) is 0 Å². The molecule has 0 saturated heterocycles. The maximum absolute atomic E-state index is 14.5. The molecule has 0 atom stereocenters.